The van der Waals surface area contributed by atoms with E-state index in [4.69, 9.17) is 0 Å². The standard InChI is InChI=1S/C9H17NO2/c1-10-4-6-2-8(11)3-7(5-10)9(6)12/h6-9,11-12H,2-5H2,1H3. The van der Waals surface area contributed by atoms with Crippen molar-refractivity contribution in [2.45, 2.75) is 25.0 Å². The Morgan fingerprint density at radius 3 is 2.08 bits per heavy atom. The van der Waals surface area contributed by atoms with Gasteiger partial charge in [0.05, 0.1) is 12.2 Å². The lowest BCUT2D eigenvalue weighted by molar-refractivity contribution is -0.0816. The maximum Gasteiger partial charge on any atom is 0.0622 e. The quantitative estimate of drug-likeness (QED) is 0.525. The van der Waals surface area contributed by atoms with E-state index in [0.29, 0.717) is 11.8 Å². The van der Waals surface area contributed by atoms with E-state index in [2.05, 4.69) is 11.9 Å². The van der Waals surface area contributed by atoms with Crippen LogP contribution in [0.15, 0.2) is 0 Å². The van der Waals surface area contributed by atoms with Crippen molar-refractivity contribution < 1.29 is 10.2 Å². The van der Waals surface area contributed by atoms with Gasteiger partial charge in [-0.25, -0.2) is 0 Å². The molecule has 0 aromatic heterocycles. The third kappa shape index (κ3) is 1.37. The van der Waals surface area contributed by atoms with Crippen molar-refractivity contribution in [3.05, 3.63) is 0 Å². The van der Waals surface area contributed by atoms with Gasteiger partial charge < -0.3 is 15.1 Å². The van der Waals surface area contributed by atoms with Crippen molar-refractivity contribution in [3.63, 3.8) is 0 Å². The molecule has 0 spiro atoms. The minimum Gasteiger partial charge on any atom is -0.393 e. The zero-order valence-corrected chi connectivity index (χ0v) is 7.48. The fourth-order valence-electron chi connectivity index (χ4n) is 2.70. The highest BCUT2D eigenvalue weighted by atomic mass is 16.3. The molecule has 1 aliphatic carbocycles. The Labute approximate surface area is 73.0 Å². The van der Waals surface area contributed by atoms with Crippen LogP contribution in [0.1, 0.15) is 12.8 Å². The van der Waals surface area contributed by atoms with Gasteiger partial charge in [0.15, 0.2) is 0 Å². The molecule has 0 aromatic rings. The van der Waals surface area contributed by atoms with Gasteiger partial charge >= 0.3 is 0 Å². The summed E-state index contributed by atoms with van der Waals surface area (Å²) in [7, 11) is 2.09. The average Bonchev–Trinajstić information content (AvgIpc) is 1.94. The smallest absolute Gasteiger partial charge is 0.0622 e. The number of aliphatic hydroxyl groups excluding tert-OH is 2. The molecular weight excluding hydrogens is 154 g/mol. The molecule has 1 saturated carbocycles. The average molecular weight is 171 g/mol. The first-order chi connectivity index (χ1) is 5.66. The van der Waals surface area contributed by atoms with Crippen LogP contribution in [0.3, 0.4) is 0 Å². The molecule has 3 heteroatoms. The van der Waals surface area contributed by atoms with Crippen molar-refractivity contribution in [2.75, 3.05) is 20.1 Å². The number of likely N-dealkylation sites (tertiary alicyclic amines) is 1. The highest BCUT2D eigenvalue weighted by Crippen LogP contribution is 2.34. The predicted molar refractivity (Wildman–Crippen MR) is 45.7 cm³/mol. The molecular formula is C9H17NO2. The van der Waals surface area contributed by atoms with Gasteiger partial charge in [0.25, 0.3) is 0 Å². The topological polar surface area (TPSA) is 43.7 Å². The molecule has 3 nitrogen and oxygen atoms in total. The van der Waals surface area contributed by atoms with E-state index >= 15 is 0 Å². The summed E-state index contributed by atoms with van der Waals surface area (Å²) in [5.41, 5.74) is 0. The Morgan fingerprint density at radius 2 is 1.58 bits per heavy atom. The summed E-state index contributed by atoms with van der Waals surface area (Å²) in [5.74, 6) is 0.606. The van der Waals surface area contributed by atoms with E-state index in [1.807, 2.05) is 0 Å². The molecule has 1 heterocycles. The predicted octanol–water partition coefficient (Wildman–Crippen LogP) is -0.320. The van der Waals surface area contributed by atoms with E-state index in [0.717, 1.165) is 25.9 Å². The molecule has 1 aliphatic heterocycles. The van der Waals surface area contributed by atoms with Gasteiger partial charge in [0.2, 0.25) is 0 Å². The molecule has 2 N–H and O–H groups in total. The molecule has 2 fully saturated rings. The summed E-state index contributed by atoms with van der Waals surface area (Å²) in [4.78, 5) is 2.26. The monoisotopic (exact) mass is 171 g/mol. The first-order valence-corrected chi connectivity index (χ1v) is 4.71. The van der Waals surface area contributed by atoms with Gasteiger partial charge in [0, 0.05) is 24.9 Å². The van der Waals surface area contributed by atoms with Gasteiger partial charge in [-0.15, -0.1) is 0 Å². The number of aliphatic hydroxyl groups is 2. The Bertz CT molecular complexity index is 144. The summed E-state index contributed by atoms with van der Waals surface area (Å²) < 4.78 is 0. The minimum atomic E-state index is -0.169. The summed E-state index contributed by atoms with van der Waals surface area (Å²) in [6.07, 6.45) is 1.23. The van der Waals surface area contributed by atoms with Crippen LogP contribution in [0.2, 0.25) is 0 Å². The molecule has 2 rings (SSSR count). The van der Waals surface area contributed by atoms with E-state index in [9.17, 15) is 10.2 Å². The Hall–Kier alpha value is -0.120. The van der Waals surface area contributed by atoms with Crippen LogP contribution < -0.4 is 0 Å². The van der Waals surface area contributed by atoms with Gasteiger partial charge in [0.1, 0.15) is 0 Å². The zero-order valence-electron chi connectivity index (χ0n) is 7.48. The van der Waals surface area contributed by atoms with Gasteiger partial charge in [-0.05, 0) is 19.9 Å². The molecule has 2 bridgehead atoms. The molecule has 2 atom stereocenters. The molecule has 2 unspecified atom stereocenters. The fourth-order valence-corrected chi connectivity index (χ4v) is 2.70. The Kier molecular flexibility index (Phi) is 2.10. The molecule has 0 amide bonds. The molecule has 0 radical (unpaired) electrons. The number of hydrogen-bond acceptors (Lipinski definition) is 3. The minimum absolute atomic E-state index is 0.162. The van der Waals surface area contributed by atoms with Crippen LogP contribution in [-0.2, 0) is 0 Å². The first kappa shape index (κ1) is 8.48. The number of rotatable bonds is 0. The van der Waals surface area contributed by atoms with Crippen molar-refractivity contribution in [1.82, 2.24) is 4.90 Å². The number of piperidine rings is 1. The maximum absolute atomic E-state index is 9.79. The number of nitrogens with zero attached hydrogens (tertiary/aromatic N) is 1. The van der Waals surface area contributed by atoms with Crippen LogP contribution >= 0.6 is 0 Å². The Balaban J connectivity index is 2.08. The summed E-state index contributed by atoms with van der Waals surface area (Å²) in [6.45, 7) is 1.88. The normalized spacial score (nSPS) is 49.2. The summed E-state index contributed by atoms with van der Waals surface area (Å²) >= 11 is 0. The molecule has 12 heavy (non-hydrogen) atoms. The van der Waals surface area contributed by atoms with Crippen molar-refractivity contribution in [3.8, 4) is 0 Å². The van der Waals surface area contributed by atoms with Crippen molar-refractivity contribution in [2.24, 2.45) is 11.8 Å². The summed E-state index contributed by atoms with van der Waals surface area (Å²) in [5, 5.41) is 19.3. The second kappa shape index (κ2) is 2.98. The lowest BCUT2D eigenvalue weighted by Gasteiger charge is -2.45. The van der Waals surface area contributed by atoms with E-state index in [-0.39, 0.29) is 12.2 Å². The van der Waals surface area contributed by atoms with E-state index < -0.39 is 0 Å². The number of fused-ring (bicyclic) bond motifs is 2. The Morgan fingerprint density at radius 1 is 1.08 bits per heavy atom. The third-order valence-electron chi connectivity index (χ3n) is 3.21. The molecule has 1 saturated heterocycles. The molecule has 2 aliphatic rings. The second-order valence-corrected chi connectivity index (χ2v) is 4.36. The van der Waals surface area contributed by atoms with Crippen LogP contribution in [-0.4, -0.2) is 47.5 Å². The third-order valence-corrected chi connectivity index (χ3v) is 3.21. The highest BCUT2D eigenvalue weighted by Gasteiger charge is 2.40. The van der Waals surface area contributed by atoms with Crippen LogP contribution in [0, 0.1) is 11.8 Å². The lowest BCUT2D eigenvalue weighted by atomic mass is 9.74. The molecule has 70 valence electrons. The summed E-state index contributed by atoms with van der Waals surface area (Å²) in [6, 6.07) is 0. The fraction of sp³-hybridized carbons (Fsp3) is 1.00. The highest BCUT2D eigenvalue weighted by molar-refractivity contribution is 4.92. The zero-order chi connectivity index (χ0) is 8.72. The van der Waals surface area contributed by atoms with Gasteiger partial charge in [-0.1, -0.05) is 0 Å². The SMILES string of the molecule is CN1CC2CC(O)CC(C1)C2O. The molecule has 0 aromatic carbocycles. The van der Waals surface area contributed by atoms with Crippen molar-refractivity contribution >= 4 is 0 Å². The van der Waals surface area contributed by atoms with Gasteiger partial charge in [-0.3, -0.25) is 0 Å². The lowest BCUT2D eigenvalue weighted by Crippen LogP contribution is -2.52. The van der Waals surface area contributed by atoms with Crippen LogP contribution in [0.25, 0.3) is 0 Å². The number of hydrogen-bond donors (Lipinski definition) is 2. The first-order valence-electron chi connectivity index (χ1n) is 4.71. The van der Waals surface area contributed by atoms with Crippen LogP contribution in [0.4, 0.5) is 0 Å². The van der Waals surface area contributed by atoms with Crippen LogP contribution in [0.5, 0.6) is 0 Å². The van der Waals surface area contributed by atoms with Gasteiger partial charge in [-0.2, -0.15) is 0 Å². The second-order valence-electron chi connectivity index (χ2n) is 4.36. The van der Waals surface area contributed by atoms with Crippen molar-refractivity contribution in [1.29, 1.82) is 0 Å². The van der Waals surface area contributed by atoms with E-state index in [1.54, 1.807) is 0 Å². The maximum atomic E-state index is 9.79. The van der Waals surface area contributed by atoms with E-state index in [1.165, 1.54) is 0 Å². The largest absolute Gasteiger partial charge is 0.393 e.